The quantitative estimate of drug-likeness (QED) is 0.692. The molecule has 106 valence electrons. The highest BCUT2D eigenvalue weighted by atomic mass is 32.2. The van der Waals surface area contributed by atoms with E-state index in [0.29, 0.717) is 5.25 Å². The van der Waals surface area contributed by atoms with Gasteiger partial charge in [-0.2, -0.15) is 0 Å². The van der Waals surface area contributed by atoms with Gasteiger partial charge in [-0.3, -0.25) is 9.98 Å². The first kappa shape index (κ1) is 12.7. The molecule has 0 aromatic heterocycles. The smallest absolute Gasteiger partial charge is 0.0769 e. The summed E-state index contributed by atoms with van der Waals surface area (Å²) < 4.78 is 0. The standard InChI is InChI=1S/C18H12N2S2/c1-3-7-15-11(5-1)19-13-9-18-14(10-17(13)21-15)20-12-6-2-4-8-16(12)22-18/h1-10,15,18H. The molecular weight excluding hydrogens is 308 g/mol. The first-order valence-corrected chi connectivity index (χ1v) is 9.01. The summed E-state index contributed by atoms with van der Waals surface area (Å²) in [7, 11) is 0. The zero-order valence-electron chi connectivity index (χ0n) is 11.6. The second kappa shape index (κ2) is 4.86. The second-order valence-electron chi connectivity index (χ2n) is 5.42. The van der Waals surface area contributed by atoms with Crippen molar-refractivity contribution >= 4 is 40.6 Å². The van der Waals surface area contributed by atoms with E-state index in [4.69, 9.17) is 9.98 Å². The number of nitrogens with zero attached hydrogens (tertiary/aromatic N) is 2. The lowest BCUT2D eigenvalue weighted by atomic mass is 10.1. The van der Waals surface area contributed by atoms with Gasteiger partial charge in [0.15, 0.2) is 0 Å². The van der Waals surface area contributed by atoms with Crippen LogP contribution in [0.4, 0.5) is 5.69 Å². The molecule has 0 saturated carbocycles. The second-order valence-corrected chi connectivity index (χ2v) is 7.79. The van der Waals surface area contributed by atoms with Gasteiger partial charge in [-0.1, -0.05) is 30.4 Å². The fraction of sp³-hybridized carbons (Fsp3) is 0.111. The highest BCUT2D eigenvalue weighted by Crippen LogP contribution is 2.45. The Morgan fingerprint density at radius 3 is 2.86 bits per heavy atom. The summed E-state index contributed by atoms with van der Waals surface area (Å²) in [5, 5.41) is 0.618. The Kier molecular flexibility index (Phi) is 2.81. The van der Waals surface area contributed by atoms with Gasteiger partial charge in [0.05, 0.1) is 33.3 Å². The molecule has 0 fully saturated rings. The van der Waals surface area contributed by atoms with Crippen molar-refractivity contribution in [1.29, 1.82) is 0 Å². The molecule has 2 aliphatic carbocycles. The summed E-state index contributed by atoms with van der Waals surface area (Å²) in [5.41, 5.74) is 4.48. The van der Waals surface area contributed by atoms with E-state index >= 15 is 0 Å². The number of rotatable bonds is 0. The molecule has 2 nitrogen and oxygen atoms in total. The number of aliphatic imine (C=N–C) groups is 2. The molecule has 2 aliphatic heterocycles. The predicted molar refractivity (Wildman–Crippen MR) is 96.4 cm³/mol. The monoisotopic (exact) mass is 320 g/mol. The maximum atomic E-state index is 4.86. The number of hydrogen-bond acceptors (Lipinski definition) is 4. The van der Waals surface area contributed by atoms with E-state index in [-0.39, 0.29) is 5.25 Å². The van der Waals surface area contributed by atoms with Crippen LogP contribution < -0.4 is 0 Å². The van der Waals surface area contributed by atoms with E-state index in [2.05, 4.69) is 54.7 Å². The van der Waals surface area contributed by atoms with Crippen molar-refractivity contribution < 1.29 is 0 Å². The normalized spacial score (nSPS) is 27.5. The minimum Gasteiger partial charge on any atom is -0.251 e. The molecule has 4 heteroatoms. The van der Waals surface area contributed by atoms with E-state index in [1.807, 2.05) is 29.6 Å². The Labute approximate surface area is 137 Å². The lowest BCUT2D eigenvalue weighted by molar-refractivity contribution is 1.22. The summed E-state index contributed by atoms with van der Waals surface area (Å²) in [6, 6.07) is 8.35. The molecule has 2 atom stereocenters. The summed E-state index contributed by atoms with van der Waals surface area (Å²) in [6.45, 7) is 0. The molecule has 0 saturated heterocycles. The van der Waals surface area contributed by atoms with Gasteiger partial charge in [0.2, 0.25) is 0 Å². The Hall–Kier alpha value is -1.78. The Morgan fingerprint density at radius 2 is 1.86 bits per heavy atom. The van der Waals surface area contributed by atoms with Crippen LogP contribution >= 0.6 is 23.5 Å². The van der Waals surface area contributed by atoms with Crippen LogP contribution in [0.2, 0.25) is 0 Å². The molecule has 4 aliphatic rings. The van der Waals surface area contributed by atoms with Crippen molar-refractivity contribution in [3.63, 3.8) is 0 Å². The molecule has 1 aromatic rings. The molecule has 5 rings (SSSR count). The van der Waals surface area contributed by atoms with Crippen molar-refractivity contribution in [3.05, 3.63) is 71.3 Å². The van der Waals surface area contributed by atoms with Crippen LogP contribution in [0, 0.1) is 0 Å². The molecule has 2 heterocycles. The predicted octanol–water partition coefficient (Wildman–Crippen LogP) is 4.70. The number of para-hydroxylation sites is 1. The van der Waals surface area contributed by atoms with Crippen LogP contribution in [0.15, 0.2) is 86.2 Å². The number of hydrogen-bond donors (Lipinski definition) is 0. The van der Waals surface area contributed by atoms with Gasteiger partial charge in [-0.25, -0.2) is 0 Å². The van der Waals surface area contributed by atoms with Gasteiger partial charge in [0.1, 0.15) is 0 Å². The summed E-state index contributed by atoms with van der Waals surface area (Å²) in [5.74, 6) is 0. The highest BCUT2D eigenvalue weighted by Gasteiger charge is 2.31. The largest absolute Gasteiger partial charge is 0.251 e. The highest BCUT2D eigenvalue weighted by molar-refractivity contribution is 8.05. The number of thioether (sulfide) groups is 2. The molecule has 1 aromatic carbocycles. The third-order valence-electron chi connectivity index (χ3n) is 3.96. The van der Waals surface area contributed by atoms with Crippen molar-refractivity contribution in [2.24, 2.45) is 9.98 Å². The molecule has 0 spiro atoms. The van der Waals surface area contributed by atoms with Crippen molar-refractivity contribution in [2.75, 3.05) is 0 Å². The van der Waals surface area contributed by atoms with Crippen LogP contribution in [-0.2, 0) is 0 Å². The van der Waals surface area contributed by atoms with Crippen LogP contribution in [-0.4, -0.2) is 21.9 Å². The SMILES string of the molecule is C1=CC2=NC3=CC4Sc5ccccc5N=C4C=C3SC2C=C1. The number of benzene rings is 1. The van der Waals surface area contributed by atoms with E-state index in [1.165, 1.54) is 9.80 Å². The van der Waals surface area contributed by atoms with Gasteiger partial charge in [-0.15, -0.1) is 23.5 Å². The minimum atomic E-state index is 0.276. The van der Waals surface area contributed by atoms with Crippen LogP contribution in [0.5, 0.6) is 0 Å². The third-order valence-corrected chi connectivity index (χ3v) is 6.42. The molecule has 2 unspecified atom stereocenters. The average Bonchev–Trinajstić information content (AvgIpc) is 2.56. The van der Waals surface area contributed by atoms with Crippen LogP contribution in [0.1, 0.15) is 0 Å². The Balaban J connectivity index is 1.60. The summed E-state index contributed by atoms with van der Waals surface area (Å²) in [4.78, 5) is 12.2. The molecule has 0 bridgehead atoms. The van der Waals surface area contributed by atoms with Crippen molar-refractivity contribution in [2.45, 2.75) is 15.4 Å². The lowest BCUT2D eigenvalue weighted by Crippen LogP contribution is -2.25. The van der Waals surface area contributed by atoms with Crippen LogP contribution in [0.3, 0.4) is 0 Å². The first-order valence-electron chi connectivity index (χ1n) is 7.25. The lowest BCUT2D eigenvalue weighted by Gasteiger charge is -2.29. The average molecular weight is 320 g/mol. The van der Waals surface area contributed by atoms with Gasteiger partial charge in [0.25, 0.3) is 0 Å². The van der Waals surface area contributed by atoms with Crippen LogP contribution in [0.25, 0.3) is 0 Å². The first-order chi connectivity index (χ1) is 10.9. The topological polar surface area (TPSA) is 24.7 Å². The minimum absolute atomic E-state index is 0.276. The van der Waals surface area contributed by atoms with Gasteiger partial charge < -0.3 is 0 Å². The number of fused-ring (bicyclic) bond motifs is 4. The van der Waals surface area contributed by atoms with E-state index in [0.717, 1.165) is 22.8 Å². The summed E-state index contributed by atoms with van der Waals surface area (Å²) >= 11 is 3.73. The third kappa shape index (κ3) is 1.98. The van der Waals surface area contributed by atoms with E-state index in [9.17, 15) is 0 Å². The van der Waals surface area contributed by atoms with E-state index in [1.54, 1.807) is 0 Å². The number of allylic oxidation sites excluding steroid dienone is 4. The molecule has 0 N–H and O–H groups in total. The van der Waals surface area contributed by atoms with Crippen molar-refractivity contribution in [3.8, 4) is 0 Å². The van der Waals surface area contributed by atoms with Gasteiger partial charge >= 0.3 is 0 Å². The zero-order chi connectivity index (χ0) is 14.5. The zero-order valence-corrected chi connectivity index (χ0v) is 13.3. The fourth-order valence-electron chi connectivity index (χ4n) is 2.89. The molecule has 0 radical (unpaired) electrons. The van der Waals surface area contributed by atoms with Gasteiger partial charge in [-0.05, 0) is 30.4 Å². The Morgan fingerprint density at radius 1 is 0.909 bits per heavy atom. The molecular formula is C18H12N2S2. The molecule has 0 amide bonds. The van der Waals surface area contributed by atoms with E-state index < -0.39 is 0 Å². The maximum absolute atomic E-state index is 4.86. The Bertz CT molecular complexity index is 856. The van der Waals surface area contributed by atoms with Crippen molar-refractivity contribution in [1.82, 2.24) is 0 Å². The molecule has 22 heavy (non-hydrogen) atoms. The fourth-order valence-corrected chi connectivity index (χ4v) is 5.11. The maximum Gasteiger partial charge on any atom is 0.0769 e. The van der Waals surface area contributed by atoms with Gasteiger partial charge in [0, 0.05) is 9.80 Å². The summed E-state index contributed by atoms with van der Waals surface area (Å²) in [6.07, 6.45) is 13.0.